The second kappa shape index (κ2) is 7.93. The van der Waals surface area contributed by atoms with Crippen molar-refractivity contribution in [3.63, 3.8) is 0 Å². The minimum atomic E-state index is -2.72. The molecule has 2 aliphatic rings. The zero-order valence-corrected chi connectivity index (χ0v) is 16.0. The van der Waals surface area contributed by atoms with Gasteiger partial charge in [0.1, 0.15) is 5.69 Å². The quantitative estimate of drug-likeness (QED) is 0.804. The van der Waals surface area contributed by atoms with E-state index in [-0.39, 0.29) is 0 Å². The predicted molar refractivity (Wildman–Crippen MR) is 102 cm³/mol. The van der Waals surface area contributed by atoms with Crippen molar-refractivity contribution in [2.45, 2.75) is 52.0 Å². The average molecular weight is 389 g/mol. The lowest BCUT2D eigenvalue weighted by Crippen LogP contribution is -2.37. The molecule has 150 valence electrons. The fourth-order valence-corrected chi connectivity index (χ4v) is 4.17. The van der Waals surface area contributed by atoms with Crippen molar-refractivity contribution in [1.29, 1.82) is 0 Å². The Morgan fingerprint density at radius 3 is 2.68 bits per heavy atom. The first-order chi connectivity index (χ1) is 13.5. The van der Waals surface area contributed by atoms with Gasteiger partial charge in [0.05, 0.1) is 12.0 Å². The Hall–Kier alpha value is -2.38. The third-order valence-electron chi connectivity index (χ3n) is 5.91. The smallest absolute Gasteiger partial charge is 0.280 e. The van der Waals surface area contributed by atoms with Crippen LogP contribution in [0.1, 0.15) is 49.6 Å². The number of halogens is 2. The minimum absolute atomic E-state index is 0.318. The van der Waals surface area contributed by atoms with Crippen LogP contribution in [-0.2, 0) is 19.4 Å². The summed E-state index contributed by atoms with van der Waals surface area (Å²) in [7, 11) is 0. The summed E-state index contributed by atoms with van der Waals surface area (Å²) >= 11 is 0. The van der Waals surface area contributed by atoms with Gasteiger partial charge in [-0.3, -0.25) is 9.36 Å². The van der Waals surface area contributed by atoms with Crippen LogP contribution in [0.5, 0.6) is 0 Å². The van der Waals surface area contributed by atoms with Crippen LogP contribution in [0, 0.1) is 11.8 Å². The van der Waals surface area contributed by atoms with E-state index >= 15 is 0 Å². The number of rotatable bonds is 4. The van der Waals surface area contributed by atoms with Crippen LogP contribution in [0.2, 0.25) is 0 Å². The SMILES string of the molecule is CC1CCc2nnc(N3CCC(Cn4cnc(C(F)F)cc4=O)CC3)cc2C1. The summed E-state index contributed by atoms with van der Waals surface area (Å²) in [4.78, 5) is 18.0. The Labute approximate surface area is 162 Å². The normalized spacial score (nSPS) is 20.4. The van der Waals surface area contributed by atoms with Crippen molar-refractivity contribution >= 4 is 5.82 Å². The molecular weight excluding hydrogens is 364 g/mol. The van der Waals surface area contributed by atoms with E-state index in [0.29, 0.717) is 18.4 Å². The molecule has 0 spiro atoms. The molecule has 1 aliphatic carbocycles. The molecule has 3 heterocycles. The summed E-state index contributed by atoms with van der Waals surface area (Å²) in [5.74, 6) is 1.95. The van der Waals surface area contributed by atoms with Crippen LogP contribution in [0.15, 0.2) is 23.3 Å². The molecule has 1 atom stereocenters. The van der Waals surface area contributed by atoms with Gasteiger partial charge in [-0.1, -0.05) is 6.92 Å². The first kappa shape index (κ1) is 19.0. The number of piperidine rings is 1. The third-order valence-corrected chi connectivity index (χ3v) is 5.91. The van der Waals surface area contributed by atoms with E-state index in [1.54, 1.807) is 0 Å². The van der Waals surface area contributed by atoms with Gasteiger partial charge in [0.25, 0.3) is 12.0 Å². The van der Waals surface area contributed by atoms with E-state index in [1.165, 1.54) is 22.9 Å². The van der Waals surface area contributed by atoms with E-state index in [0.717, 1.165) is 56.4 Å². The Balaban J connectivity index is 1.37. The highest BCUT2D eigenvalue weighted by Gasteiger charge is 2.24. The summed E-state index contributed by atoms with van der Waals surface area (Å²) in [5.41, 5.74) is 1.58. The maximum Gasteiger partial charge on any atom is 0.280 e. The molecule has 4 rings (SSSR count). The van der Waals surface area contributed by atoms with Crippen molar-refractivity contribution in [2.24, 2.45) is 11.8 Å². The van der Waals surface area contributed by atoms with E-state index < -0.39 is 17.7 Å². The van der Waals surface area contributed by atoms with E-state index in [9.17, 15) is 13.6 Å². The van der Waals surface area contributed by atoms with Gasteiger partial charge in [-0.15, -0.1) is 5.10 Å². The lowest BCUT2D eigenvalue weighted by Gasteiger charge is -2.33. The van der Waals surface area contributed by atoms with Gasteiger partial charge < -0.3 is 4.90 Å². The summed E-state index contributed by atoms with van der Waals surface area (Å²) in [6.07, 6.45) is 3.62. The van der Waals surface area contributed by atoms with Crippen LogP contribution in [0.4, 0.5) is 14.6 Å². The molecule has 8 heteroatoms. The number of aryl methyl sites for hydroxylation is 1. The van der Waals surface area contributed by atoms with Gasteiger partial charge >= 0.3 is 0 Å². The minimum Gasteiger partial charge on any atom is -0.355 e. The fraction of sp³-hybridized carbons (Fsp3) is 0.600. The predicted octanol–water partition coefficient (Wildman–Crippen LogP) is 3.01. The Bertz CT molecular complexity index is 892. The van der Waals surface area contributed by atoms with E-state index in [2.05, 4.69) is 33.1 Å². The molecule has 28 heavy (non-hydrogen) atoms. The van der Waals surface area contributed by atoms with Crippen LogP contribution < -0.4 is 10.5 Å². The molecule has 6 nitrogen and oxygen atoms in total. The number of aromatic nitrogens is 4. The molecule has 0 amide bonds. The van der Waals surface area contributed by atoms with Crippen LogP contribution in [0.25, 0.3) is 0 Å². The number of fused-ring (bicyclic) bond motifs is 1. The Morgan fingerprint density at radius 2 is 1.96 bits per heavy atom. The largest absolute Gasteiger partial charge is 0.355 e. The van der Waals surface area contributed by atoms with Crippen molar-refractivity contribution in [2.75, 3.05) is 18.0 Å². The molecule has 1 aliphatic heterocycles. The molecule has 0 radical (unpaired) electrons. The highest BCUT2D eigenvalue weighted by molar-refractivity contribution is 5.42. The number of hydrogen-bond donors (Lipinski definition) is 0. The summed E-state index contributed by atoms with van der Waals surface area (Å²) < 4.78 is 26.7. The topological polar surface area (TPSA) is 63.9 Å². The van der Waals surface area contributed by atoms with Crippen molar-refractivity contribution in [1.82, 2.24) is 19.7 Å². The van der Waals surface area contributed by atoms with Crippen molar-refractivity contribution < 1.29 is 8.78 Å². The van der Waals surface area contributed by atoms with Gasteiger partial charge in [0.2, 0.25) is 0 Å². The second-order valence-electron chi connectivity index (χ2n) is 8.06. The number of nitrogens with zero attached hydrogens (tertiary/aromatic N) is 5. The molecule has 2 aromatic rings. The molecule has 1 unspecified atom stereocenters. The lowest BCUT2D eigenvalue weighted by atomic mass is 9.88. The number of anilines is 1. The van der Waals surface area contributed by atoms with Gasteiger partial charge in [0.15, 0.2) is 5.82 Å². The zero-order chi connectivity index (χ0) is 19.7. The first-order valence-electron chi connectivity index (χ1n) is 9.94. The lowest BCUT2D eigenvalue weighted by molar-refractivity contribution is 0.145. The maximum absolute atomic E-state index is 12.6. The fourth-order valence-electron chi connectivity index (χ4n) is 4.17. The summed E-state index contributed by atoms with van der Waals surface area (Å²) in [6, 6.07) is 3.12. The number of alkyl halides is 2. The first-order valence-corrected chi connectivity index (χ1v) is 9.94. The molecule has 1 fully saturated rings. The summed E-state index contributed by atoms with van der Waals surface area (Å²) in [5, 5.41) is 8.87. The van der Waals surface area contributed by atoms with Crippen LogP contribution in [0.3, 0.4) is 0 Å². The maximum atomic E-state index is 12.6. The monoisotopic (exact) mass is 389 g/mol. The molecule has 0 saturated carbocycles. The van der Waals surface area contributed by atoms with Gasteiger partial charge in [-0.25, -0.2) is 13.8 Å². The van der Waals surface area contributed by atoms with Gasteiger partial charge in [0, 0.05) is 25.7 Å². The molecular formula is C20H25F2N5O. The average Bonchev–Trinajstić information content (AvgIpc) is 2.69. The van der Waals surface area contributed by atoms with Crippen molar-refractivity contribution in [3.05, 3.63) is 45.8 Å². The molecule has 0 N–H and O–H groups in total. The Morgan fingerprint density at radius 1 is 1.18 bits per heavy atom. The second-order valence-corrected chi connectivity index (χ2v) is 8.06. The molecule has 0 aromatic carbocycles. The summed E-state index contributed by atoms with van der Waals surface area (Å²) in [6.45, 7) is 4.49. The highest BCUT2D eigenvalue weighted by atomic mass is 19.3. The Kier molecular flexibility index (Phi) is 5.37. The van der Waals surface area contributed by atoms with E-state index in [4.69, 9.17) is 0 Å². The molecule has 2 aromatic heterocycles. The van der Waals surface area contributed by atoms with Crippen LogP contribution >= 0.6 is 0 Å². The van der Waals surface area contributed by atoms with E-state index in [1.807, 2.05) is 0 Å². The van der Waals surface area contributed by atoms with Gasteiger partial charge in [-0.05, 0) is 55.6 Å². The third kappa shape index (κ3) is 4.05. The number of hydrogen-bond acceptors (Lipinski definition) is 5. The highest BCUT2D eigenvalue weighted by Crippen LogP contribution is 2.28. The molecule has 1 saturated heterocycles. The standard InChI is InChI=1S/C20H25F2N5O/c1-13-2-3-16-15(8-13)9-18(25-24-16)26-6-4-14(5-7-26)11-27-12-23-17(20(21)22)10-19(27)28/h9-10,12-14,20H,2-8,11H2,1H3. The van der Waals surface area contributed by atoms with Gasteiger partial charge in [-0.2, -0.15) is 5.10 Å². The molecule has 0 bridgehead atoms. The van der Waals surface area contributed by atoms with Crippen molar-refractivity contribution in [3.8, 4) is 0 Å². The zero-order valence-electron chi connectivity index (χ0n) is 16.0. The van der Waals surface area contributed by atoms with Crippen LogP contribution in [-0.4, -0.2) is 32.8 Å².